The van der Waals surface area contributed by atoms with Crippen molar-refractivity contribution in [2.45, 2.75) is 6.92 Å². The minimum Gasteiger partial charge on any atom is -0.494 e. The summed E-state index contributed by atoms with van der Waals surface area (Å²) in [6.07, 6.45) is 1.86. The second-order valence-corrected chi connectivity index (χ2v) is 7.61. The maximum atomic E-state index is 12.8. The minimum atomic E-state index is -0.0912. The van der Waals surface area contributed by atoms with E-state index >= 15 is 0 Å². The predicted molar refractivity (Wildman–Crippen MR) is 114 cm³/mol. The molecule has 1 aliphatic rings. The molecule has 6 heteroatoms. The zero-order valence-electron chi connectivity index (χ0n) is 14.9. The molecule has 0 bridgehead atoms. The molecule has 0 radical (unpaired) electrons. The van der Waals surface area contributed by atoms with Gasteiger partial charge in [0.25, 0.3) is 5.91 Å². The summed E-state index contributed by atoms with van der Waals surface area (Å²) in [5, 5.41) is 0. The van der Waals surface area contributed by atoms with Crippen LogP contribution in [0, 0.1) is 0 Å². The van der Waals surface area contributed by atoms with E-state index in [2.05, 4.69) is 0 Å². The molecule has 0 unspecified atom stereocenters. The summed E-state index contributed by atoms with van der Waals surface area (Å²) in [5.74, 6) is 0.727. The number of thioether (sulfide) groups is 1. The van der Waals surface area contributed by atoms with Gasteiger partial charge >= 0.3 is 0 Å². The smallest absolute Gasteiger partial charge is 0.270 e. The molecule has 1 amide bonds. The highest BCUT2D eigenvalue weighted by molar-refractivity contribution is 8.27. The lowest BCUT2D eigenvalue weighted by molar-refractivity contribution is -0.113. The maximum absolute atomic E-state index is 12.8. The Labute approximate surface area is 163 Å². The molecule has 1 heterocycles. The van der Waals surface area contributed by atoms with Crippen molar-refractivity contribution in [2.75, 3.05) is 30.5 Å². The van der Waals surface area contributed by atoms with Gasteiger partial charge in [0, 0.05) is 19.8 Å². The number of nitrogens with zero attached hydrogens (tertiary/aromatic N) is 2. The Balaban J connectivity index is 1.81. The standard InChI is InChI=1S/C20H20N2O2S2/c1-4-24-17-11-5-14(6-12-17)13-18-19(23)22(20(25)26-18)16-9-7-15(8-10-16)21(2)3/h5-13H,4H2,1-3H3/b18-13-. The van der Waals surface area contributed by atoms with E-state index < -0.39 is 0 Å². The summed E-state index contributed by atoms with van der Waals surface area (Å²) in [7, 11) is 3.96. The topological polar surface area (TPSA) is 32.8 Å². The molecule has 2 aromatic rings. The van der Waals surface area contributed by atoms with Crippen LogP contribution in [0.3, 0.4) is 0 Å². The van der Waals surface area contributed by atoms with Crippen LogP contribution in [0.2, 0.25) is 0 Å². The van der Waals surface area contributed by atoms with Gasteiger partial charge in [0.05, 0.1) is 17.2 Å². The van der Waals surface area contributed by atoms with Crippen molar-refractivity contribution in [1.29, 1.82) is 0 Å². The Bertz CT molecular complexity index is 843. The molecule has 0 N–H and O–H groups in total. The zero-order chi connectivity index (χ0) is 18.7. The molecule has 1 aliphatic heterocycles. The molecule has 1 saturated heterocycles. The number of amides is 1. The van der Waals surface area contributed by atoms with Crippen LogP contribution in [-0.2, 0) is 4.79 Å². The van der Waals surface area contributed by atoms with E-state index in [0.717, 1.165) is 22.7 Å². The highest BCUT2D eigenvalue weighted by Crippen LogP contribution is 2.36. The molecule has 3 rings (SSSR count). The highest BCUT2D eigenvalue weighted by atomic mass is 32.2. The predicted octanol–water partition coefficient (Wildman–Crippen LogP) is 4.56. The van der Waals surface area contributed by atoms with Crippen LogP contribution in [0.1, 0.15) is 12.5 Å². The Morgan fingerprint density at radius 3 is 2.35 bits per heavy atom. The van der Waals surface area contributed by atoms with E-state index in [1.165, 1.54) is 11.8 Å². The number of rotatable bonds is 5. The Hall–Kier alpha value is -2.31. The van der Waals surface area contributed by atoms with Crippen molar-refractivity contribution >= 4 is 51.7 Å². The Morgan fingerprint density at radius 2 is 1.77 bits per heavy atom. The lowest BCUT2D eigenvalue weighted by Crippen LogP contribution is -2.27. The molecule has 134 valence electrons. The fourth-order valence-corrected chi connectivity index (χ4v) is 3.87. The van der Waals surface area contributed by atoms with Crippen LogP contribution in [0.5, 0.6) is 5.75 Å². The summed E-state index contributed by atoms with van der Waals surface area (Å²) >= 11 is 6.75. The van der Waals surface area contributed by atoms with Crippen LogP contribution in [-0.4, -0.2) is 30.9 Å². The number of anilines is 2. The number of carbonyl (C=O) groups is 1. The summed E-state index contributed by atoms with van der Waals surface area (Å²) < 4.78 is 5.99. The zero-order valence-corrected chi connectivity index (χ0v) is 16.6. The quantitative estimate of drug-likeness (QED) is 0.558. The monoisotopic (exact) mass is 384 g/mol. The largest absolute Gasteiger partial charge is 0.494 e. The molecule has 26 heavy (non-hydrogen) atoms. The molecule has 2 aromatic carbocycles. The summed E-state index contributed by atoms with van der Waals surface area (Å²) in [4.78, 5) is 17.0. The number of carbonyl (C=O) groups excluding carboxylic acids is 1. The van der Waals surface area contributed by atoms with Crippen molar-refractivity contribution in [3.63, 3.8) is 0 Å². The highest BCUT2D eigenvalue weighted by Gasteiger charge is 2.33. The molecule has 0 saturated carbocycles. The molecule has 0 spiro atoms. The maximum Gasteiger partial charge on any atom is 0.270 e. The number of hydrogen-bond donors (Lipinski definition) is 0. The number of benzene rings is 2. The average molecular weight is 385 g/mol. The van der Waals surface area contributed by atoms with Crippen molar-refractivity contribution in [3.8, 4) is 5.75 Å². The summed E-state index contributed by atoms with van der Waals surface area (Å²) in [5.41, 5.74) is 2.80. The van der Waals surface area contributed by atoms with Gasteiger partial charge in [-0.3, -0.25) is 9.69 Å². The molecule has 4 nitrogen and oxygen atoms in total. The van der Waals surface area contributed by atoms with Crippen LogP contribution in [0.4, 0.5) is 11.4 Å². The van der Waals surface area contributed by atoms with Gasteiger partial charge in [0.15, 0.2) is 4.32 Å². The fraction of sp³-hybridized carbons (Fsp3) is 0.200. The first-order valence-corrected chi connectivity index (χ1v) is 9.50. The molecular formula is C20H20N2O2S2. The van der Waals surface area contributed by atoms with Crippen LogP contribution >= 0.6 is 24.0 Å². The van der Waals surface area contributed by atoms with E-state index in [4.69, 9.17) is 17.0 Å². The van der Waals surface area contributed by atoms with Crippen molar-refractivity contribution < 1.29 is 9.53 Å². The number of ether oxygens (including phenoxy) is 1. The Kier molecular flexibility index (Phi) is 5.64. The van der Waals surface area contributed by atoms with Crippen molar-refractivity contribution in [3.05, 3.63) is 59.0 Å². The van der Waals surface area contributed by atoms with Gasteiger partial charge in [-0.05, 0) is 55.0 Å². The first-order valence-electron chi connectivity index (χ1n) is 8.28. The van der Waals surface area contributed by atoms with E-state index in [1.807, 2.05) is 80.5 Å². The van der Waals surface area contributed by atoms with E-state index in [-0.39, 0.29) is 5.91 Å². The van der Waals surface area contributed by atoms with Crippen LogP contribution in [0.25, 0.3) is 6.08 Å². The third-order valence-corrected chi connectivity index (χ3v) is 5.21. The molecule has 0 aliphatic carbocycles. The van der Waals surface area contributed by atoms with Crippen LogP contribution in [0.15, 0.2) is 53.4 Å². The molecular weight excluding hydrogens is 364 g/mol. The lowest BCUT2D eigenvalue weighted by Gasteiger charge is -2.17. The minimum absolute atomic E-state index is 0.0912. The molecule has 0 atom stereocenters. The third kappa shape index (κ3) is 3.92. The molecule has 1 fully saturated rings. The van der Waals surface area contributed by atoms with Gasteiger partial charge in [-0.1, -0.05) is 36.1 Å². The van der Waals surface area contributed by atoms with E-state index in [0.29, 0.717) is 15.8 Å². The van der Waals surface area contributed by atoms with Gasteiger partial charge < -0.3 is 9.64 Å². The molecule has 0 aromatic heterocycles. The van der Waals surface area contributed by atoms with Crippen LogP contribution < -0.4 is 14.5 Å². The SMILES string of the molecule is CCOc1ccc(/C=C2\SC(=S)N(c3ccc(N(C)C)cc3)C2=O)cc1. The second-order valence-electron chi connectivity index (χ2n) is 5.93. The normalized spacial score (nSPS) is 15.7. The second kappa shape index (κ2) is 7.93. The number of hydrogen-bond acceptors (Lipinski definition) is 5. The summed E-state index contributed by atoms with van der Waals surface area (Å²) in [6.45, 7) is 2.58. The van der Waals surface area contributed by atoms with Gasteiger partial charge in [-0.25, -0.2) is 0 Å². The summed E-state index contributed by atoms with van der Waals surface area (Å²) in [6, 6.07) is 15.5. The first-order chi connectivity index (χ1) is 12.5. The first kappa shape index (κ1) is 18.5. The van der Waals surface area contributed by atoms with Gasteiger partial charge in [0.2, 0.25) is 0 Å². The van der Waals surface area contributed by atoms with E-state index in [9.17, 15) is 4.79 Å². The third-order valence-electron chi connectivity index (χ3n) is 3.91. The Morgan fingerprint density at radius 1 is 1.12 bits per heavy atom. The van der Waals surface area contributed by atoms with Gasteiger partial charge in [-0.2, -0.15) is 0 Å². The van der Waals surface area contributed by atoms with E-state index in [1.54, 1.807) is 4.90 Å². The fourth-order valence-electron chi connectivity index (χ4n) is 2.57. The van der Waals surface area contributed by atoms with Gasteiger partial charge in [-0.15, -0.1) is 0 Å². The van der Waals surface area contributed by atoms with Crippen molar-refractivity contribution in [1.82, 2.24) is 0 Å². The van der Waals surface area contributed by atoms with Crippen molar-refractivity contribution in [2.24, 2.45) is 0 Å². The van der Waals surface area contributed by atoms with Gasteiger partial charge in [0.1, 0.15) is 5.75 Å². The lowest BCUT2D eigenvalue weighted by atomic mass is 10.2. The number of thiocarbonyl (C=S) groups is 1. The average Bonchev–Trinajstić information content (AvgIpc) is 2.90.